The molecule has 0 bridgehead atoms. The number of para-hydroxylation sites is 1. The summed E-state index contributed by atoms with van der Waals surface area (Å²) in [4.78, 5) is 0. The number of halogens is 1. The zero-order valence-electron chi connectivity index (χ0n) is 12.4. The van der Waals surface area contributed by atoms with E-state index in [1.807, 2.05) is 18.2 Å². The van der Waals surface area contributed by atoms with Crippen LogP contribution in [0.25, 0.3) is 12.2 Å². The number of benzene rings is 2. The van der Waals surface area contributed by atoms with E-state index in [4.69, 9.17) is 4.74 Å². The van der Waals surface area contributed by atoms with Gasteiger partial charge in [0.2, 0.25) is 0 Å². The topological polar surface area (TPSA) is 9.23 Å². The molecule has 21 heavy (non-hydrogen) atoms. The van der Waals surface area contributed by atoms with Gasteiger partial charge in [-0.25, -0.2) is 0 Å². The van der Waals surface area contributed by atoms with E-state index in [9.17, 15) is 0 Å². The Hall–Kier alpha value is -1.54. The predicted octanol–water partition coefficient (Wildman–Crippen LogP) is 5.72. The van der Waals surface area contributed by atoms with Crippen LogP contribution >= 0.6 is 15.9 Å². The maximum Gasteiger partial charge on any atom is 0.126 e. The first-order valence-corrected chi connectivity index (χ1v) is 8.45. The summed E-state index contributed by atoms with van der Waals surface area (Å²) in [6.07, 6.45) is 6.49. The van der Waals surface area contributed by atoms with E-state index >= 15 is 0 Å². The fourth-order valence-corrected chi connectivity index (χ4v) is 2.48. The van der Waals surface area contributed by atoms with Crippen molar-refractivity contribution in [2.24, 2.45) is 0 Å². The normalized spacial score (nSPS) is 11.0. The van der Waals surface area contributed by atoms with E-state index in [0.717, 1.165) is 36.1 Å². The van der Waals surface area contributed by atoms with Gasteiger partial charge in [-0.15, -0.1) is 0 Å². The number of aryl methyl sites for hydroxylation is 1. The van der Waals surface area contributed by atoms with E-state index < -0.39 is 0 Å². The summed E-state index contributed by atoms with van der Waals surface area (Å²) in [7, 11) is 0. The number of rotatable bonds is 7. The molecule has 0 N–H and O–H groups in total. The molecule has 0 amide bonds. The number of hydrogen-bond donors (Lipinski definition) is 0. The van der Waals surface area contributed by atoms with Gasteiger partial charge in [-0.2, -0.15) is 0 Å². The summed E-state index contributed by atoms with van der Waals surface area (Å²) in [5.41, 5.74) is 3.65. The van der Waals surface area contributed by atoms with Crippen molar-refractivity contribution in [1.29, 1.82) is 0 Å². The Bertz CT molecular complexity index is 590. The lowest BCUT2D eigenvalue weighted by atomic mass is 10.1. The van der Waals surface area contributed by atoms with Crippen molar-refractivity contribution in [3.8, 4) is 5.75 Å². The van der Waals surface area contributed by atoms with Crippen molar-refractivity contribution in [3.63, 3.8) is 0 Å². The van der Waals surface area contributed by atoms with Crippen molar-refractivity contribution in [2.45, 2.75) is 19.8 Å². The van der Waals surface area contributed by atoms with Crippen molar-refractivity contribution in [3.05, 3.63) is 65.2 Å². The van der Waals surface area contributed by atoms with E-state index in [-0.39, 0.29) is 0 Å². The van der Waals surface area contributed by atoms with Gasteiger partial charge in [0.15, 0.2) is 0 Å². The zero-order chi connectivity index (χ0) is 14.9. The molecule has 0 fully saturated rings. The highest BCUT2D eigenvalue weighted by molar-refractivity contribution is 9.09. The third-order valence-electron chi connectivity index (χ3n) is 3.34. The highest BCUT2D eigenvalue weighted by Crippen LogP contribution is 2.21. The van der Waals surface area contributed by atoms with Gasteiger partial charge in [-0.3, -0.25) is 0 Å². The predicted molar refractivity (Wildman–Crippen MR) is 95.1 cm³/mol. The molecule has 0 aliphatic rings. The molecular formula is C19H21BrO. The number of unbranched alkanes of at least 4 members (excludes halogenated alkanes) is 1. The summed E-state index contributed by atoms with van der Waals surface area (Å²) in [6, 6.07) is 16.6. The van der Waals surface area contributed by atoms with Crippen LogP contribution in [0, 0.1) is 6.92 Å². The average molecular weight is 345 g/mol. The minimum absolute atomic E-state index is 0.765. The Morgan fingerprint density at radius 2 is 1.57 bits per heavy atom. The van der Waals surface area contributed by atoms with Gasteiger partial charge in [-0.05, 0) is 37.0 Å². The molecule has 0 radical (unpaired) electrons. The van der Waals surface area contributed by atoms with Crippen LogP contribution in [0.15, 0.2) is 48.5 Å². The van der Waals surface area contributed by atoms with Gasteiger partial charge in [-0.1, -0.05) is 70.5 Å². The maximum absolute atomic E-state index is 5.89. The second kappa shape index (κ2) is 8.68. The number of ether oxygens (including phenoxy) is 1. The highest BCUT2D eigenvalue weighted by Gasteiger charge is 2.00. The lowest BCUT2D eigenvalue weighted by Gasteiger charge is -2.08. The molecular weight excluding hydrogens is 324 g/mol. The smallest absolute Gasteiger partial charge is 0.126 e. The molecule has 2 aromatic carbocycles. The van der Waals surface area contributed by atoms with Crippen LogP contribution in [-0.4, -0.2) is 11.9 Å². The van der Waals surface area contributed by atoms with Crippen LogP contribution in [0.3, 0.4) is 0 Å². The molecule has 2 heteroatoms. The van der Waals surface area contributed by atoms with E-state index in [2.05, 4.69) is 65.3 Å². The second-order valence-electron chi connectivity index (χ2n) is 4.97. The number of hydrogen-bond acceptors (Lipinski definition) is 1. The molecule has 0 atom stereocenters. The molecule has 110 valence electrons. The molecule has 2 rings (SSSR count). The third kappa shape index (κ3) is 5.05. The zero-order valence-corrected chi connectivity index (χ0v) is 14.0. The van der Waals surface area contributed by atoms with Crippen LogP contribution in [-0.2, 0) is 0 Å². The maximum atomic E-state index is 5.89. The first-order valence-electron chi connectivity index (χ1n) is 7.33. The third-order valence-corrected chi connectivity index (χ3v) is 3.90. The van der Waals surface area contributed by atoms with Crippen molar-refractivity contribution in [1.82, 2.24) is 0 Å². The first kappa shape index (κ1) is 15.8. The van der Waals surface area contributed by atoms with Crippen molar-refractivity contribution in [2.75, 3.05) is 11.9 Å². The van der Waals surface area contributed by atoms with Gasteiger partial charge < -0.3 is 4.74 Å². The summed E-state index contributed by atoms with van der Waals surface area (Å²) in [5.74, 6) is 0.955. The van der Waals surface area contributed by atoms with Gasteiger partial charge in [0.25, 0.3) is 0 Å². The molecule has 0 aliphatic heterocycles. The summed E-state index contributed by atoms with van der Waals surface area (Å²) < 4.78 is 5.89. The Morgan fingerprint density at radius 3 is 2.33 bits per heavy atom. The summed E-state index contributed by atoms with van der Waals surface area (Å²) in [6.45, 7) is 2.89. The van der Waals surface area contributed by atoms with Gasteiger partial charge in [0.05, 0.1) is 6.61 Å². The van der Waals surface area contributed by atoms with Crippen LogP contribution in [0.5, 0.6) is 5.75 Å². The molecule has 2 aromatic rings. The van der Waals surface area contributed by atoms with Crippen LogP contribution < -0.4 is 4.74 Å². The molecule has 0 aromatic heterocycles. The van der Waals surface area contributed by atoms with Crippen LogP contribution in [0.4, 0.5) is 0 Å². The molecule has 0 aliphatic carbocycles. The second-order valence-corrected chi connectivity index (χ2v) is 5.77. The average Bonchev–Trinajstić information content (AvgIpc) is 2.52. The standard InChI is InChI=1S/C19H21BrO/c1-16-8-2-3-9-17(16)12-13-18-10-4-5-11-19(18)21-15-7-6-14-20/h2-5,8-13H,6-7,14-15H2,1H3/b13-12+. The quantitative estimate of drug-likeness (QED) is 0.354. The lowest BCUT2D eigenvalue weighted by molar-refractivity contribution is 0.309. The molecule has 0 spiro atoms. The molecule has 0 saturated carbocycles. The molecule has 0 unspecified atom stereocenters. The molecule has 1 nitrogen and oxygen atoms in total. The van der Waals surface area contributed by atoms with Gasteiger partial charge in [0, 0.05) is 10.9 Å². The molecule has 0 heterocycles. The van der Waals surface area contributed by atoms with Gasteiger partial charge in [0.1, 0.15) is 5.75 Å². The Balaban J connectivity index is 2.07. The Morgan fingerprint density at radius 1 is 0.905 bits per heavy atom. The monoisotopic (exact) mass is 344 g/mol. The van der Waals surface area contributed by atoms with Crippen LogP contribution in [0.2, 0.25) is 0 Å². The molecule has 0 saturated heterocycles. The largest absolute Gasteiger partial charge is 0.493 e. The fourth-order valence-electron chi connectivity index (χ4n) is 2.08. The lowest BCUT2D eigenvalue weighted by Crippen LogP contribution is -1.98. The Labute approximate surface area is 135 Å². The minimum Gasteiger partial charge on any atom is -0.493 e. The summed E-state index contributed by atoms with van der Waals surface area (Å²) in [5, 5.41) is 1.03. The van der Waals surface area contributed by atoms with Crippen LogP contribution in [0.1, 0.15) is 29.5 Å². The van der Waals surface area contributed by atoms with Crippen molar-refractivity contribution < 1.29 is 4.74 Å². The Kier molecular flexibility index (Phi) is 6.55. The minimum atomic E-state index is 0.765. The fraction of sp³-hybridized carbons (Fsp3) is 0.263. The van der Waals surface area contributed by atoms with Crippen molar-refractivity contribution >= 4 is 28.1 Å². The van der Waals surface area contributed by atoms with E-state index in [0.29, 0.717) is 0 Å². The highest BCUT2D eigenvalue weighted by atomic mass is 79.9. The number of alkyl halides is 1. The first-order chi connectivity index (χ1) is 10.3. The van der Waals surface area contributed by atoms with E-state index in [1.54, 1.807) is 0 Å². The van der Waals surface area contributed by atoms with E-state index in [1.165, 1.54) is 11.1 Å². The summed E-state index contributed by atoms with van der Waals surface area (Å²) >= 11 is 3.44. The SMILES string of the molecule is Cc1ccccc1/C=C/c1ccccc1OCCCCBr. The van der Waals surface area contributed by atoms with Gasteiger partial charge >= 0.3 is 0 Å².